The number of hydrogen-bond donors (Lipinski definition) is 3. The molecule has 120 valence electrons. The molecule has 0 aromatic carbocycles. The van der Waals surface area contributed by atoms with E-state index >= 15 is 0 Å². The minimum Gasteiger partial charge on any atom is -0.480 e. The first-order valence-electron chi connectivity index (χ1n) is 6.95. The van der Waals surface area contributed by atoms with Gasteiger partial charge in [-0.2, -0.15) is 11.8 Å². The molecule has 1 aliphatic heterocycles. The number of rotatable bonds is 6. The maximum atomic E-state index is 12.2. The number of nitrogens with two attached hydrogens (primary N) is 1. The van der Waals surface area contributed by atoms with Crippen LogP contribution in [0.3, 0.4) is 0 Å². The quantitative estimate of drug-likeness (QED) is 0.660. The van der Waals surface area contributed by atoms with E-state index < -0.39 is 23.9 Å². The van der Waals surface area contributed by atoms with Crippen LogP contribution in [-0.2, 0) is 9.59 Å². The van der Waals surface area contributed by atoms with Gasteiger partial charge < -0.3 is 21.1 Å². The van der Waals surface area contributed by atoms with Crippen molar-refractivity contribution in [3.63, 3.8) is 0 Å². The highest BCUT2D eigenvalue weighted by Gasteiger charge is 2.33. The van der Waals surface area contributed by atoms with Gasteiger partial charge in [-0.25, -0.2) is 9.59 Å². The predicted octanol–water partition coefficient (Wildman–Crippen LogP) is 0.488. The van der Waals surface area contributed by atoms with Crippen LogP contribution in [0.4, 0.5) is 4.79 Å². The summed E-state index contributed by atoms with van der Waals surface area (Å²) in [6, 6.07) is -1.39. The molecule has 0 aliphatic carbocycles. The monoisotopic (exact) mass is 317 g/mol. The van der Waals surface area contributed by atoms with E-state index in [1.165, 1.54) is 16.7 Å². The number of carbonyl (C=O) groups is 3. The highest BCUT2D eigenvalue weighted by atomic mass is 32.2. The van der Waals surface area contributed by atoms with Crippen LogP contribution in [0.15, 0.2) is 0 Å². The molecule has 0 saturated carbocycles. The average Bonchev–Trinajstić information content (AvgIpc) is 2.42. The number of urea groups is 1. The molecular weight excluding hydrogens is 294 g/mol. The summed E-state index contributed by atoms with van der Waals surface area (Å²) >= 11 is 1.53. The Balaban J connectivity index is 2.66. The summed E-state index contributed by atoms with van der Waals surface area (Å²) in [5, 5.41) is 11.7. The molecule has 4 N–H and O–H groups in total. The molecule has 0 aromatic heterocycles. The zero-order chi connectivity index (χ0) is 16.0. The first-order valence-corrected chi connectivity index (χ1v) is 8.34. The standard InChI is InChI=1S/C13H23N3O4S/c1-8-3-4-9(11(14)17)7-16(8)13(20)15-10(12(18)19)5-6-21-2/h8-10H,3-7H2,1-2H3,(H2,14,17)(H,15,20)(H,18,19). The molecule has 0 aromatic rings. The number of nitrogens with one attached hydrogen (secondary N) is 1. The van der Waals surface area contributed by atoms with Gasteiger partial charge in [-0.1, -0.05) is 0 Å². The van der Waals surface area contributed by atoms with Gasteiger partial charge in [-0.05, 0) is 38.2 Å². The van der Waals surface area contributed by atoms with Gasteiger partial charge in [0.05, 0.1) is 5.92 Å². The van der Waals surface area contributed by atoms with Crippen molar-refractivity contribution < 1.29 is 19.5 Å². The van der Waals surface area contributed by atoms with Gasteiger partial charge in [-0.15, -0.1) is 0 Å². The molecule has 1 aliphatic rings. The molecule has 0 spiro atoms. The highest BCUT2D eigenvalue weighted by molar-refractivity contribution is 7.98. The third kappa shape index (κ3) is 5.11. The maximum Gasteiger partial charge on any atom is 0.326 e. The van der Waals surface area contributed by atoms with E-state index in [1.807, 2.05) is 13.2 Å². The Morgan fingerprint density at radius 2 is 2.10 bits per heavy atom. The van der Waals surface area contributed by atoms with Crippen LogP contribution in [-0.4, -0.2) is 58.6 Å². The van der Waals surface area contributed by atoms with E-state index in [0.29, 0.717) is 25.0 Å². The summed E-state index contributed by atoms with van der Waals surface area (Å²) in [7, 11) is 0. The summed E-state index contributed by atoms with van der Waals surface area (Å²) < 4.78 is 0. The molecule has 1 saturated heterocycles. The number of nitrogens with zero attached hydrogens (tertiary/aromatic N) is 1. The van der Waals surface area contributed by atoms with Gasteiger partial charge in [0.2, 0.25) is 5.91 Å². The van der Waals surface area contributed by atoms with Crippen LogP contribution in [0.1, 0.15) is 26.2 Å². The molecular formula is C13H23N3O4S. The molecule has 7 nitrogen and oxygen atoms in total. The van der Waals surface area contributed by atoms with Crippen molar-refractivity contribution >= 4 is 29.7 Å². The molecule has 0 bridgehead atoms. The summed E-state index contributed by atoms with van der Waals surface area (Å²) in [6.45, 7) is 2.13. The second kappa shape index (κ2) is 8.11. The molecule has 3 unspecified atom stereocenters. The highest BCUT2D eigenvalue weighted by Crippen LogP contribution is 2.21. The number of amides is 3. The van der Waals surface area contributed by atoms with Gasteiger partial charge in [0.25, 0.3) is 0 Å². The first kappa shape index (κ1) is 17.6. The lowest BCUT2D eigenvalue weighted by Gasteiger charge is -2.37. The van der Waals surface area contributed by atoms with Crippen LogP contribution in [0.5, 0.6) is 0 Å². The van der Waals surface area contributed by atoms with E-state index in [9.17, 15) is 14.4 Å². The van der Waals surface area contributed by atoms with E-state index in [2.05, 4.69) is 5.32 Å². The maximum absolute atomic E-state index is 12.2. The number of hydrogen-bond acceptors (Lipinski definition) is 4. The Hall–Kier alpha value is -1.44. The van der Waals surface area contributed by atoms with Gasteiger partial charge >= 0.3 is 12.0 Å². The van der Waals surface area contributed by atoms with Crippen molar-refractivity contribution in [2.45, 2.75) is 38.3 Å². The molecule has 3 amide bonds. The Morgan fingerprint density at radius 1 is 1.43 bits per heavy atom. The van der Waals surface area contributed by atoms with Crippen molar-refractivity contribution in [3.8, 4) is 0 Å². The smallest absolute Gasteiger partial charge is 0.326 e. The summed E-state index contributed by atoms with van der Waals surface area (Å²) in [5.41, 5.74) is 5.30. The number of likely N-dealkylation sites (tertiary alicyclic amines) is 1. The number of primary amides is 1. The molecule has 8 heteroatoms. The average molecular weight is 317 g/mol. The summed E-state index contributed by atoms with van der Waals surface area (Å²) in [5.74, 6) is -1.18. The van der Waals surface area contributed by atoms with Crippen molar-refractivity contribution in [2.24, 2.45) is 11.7 Å². The zero-order valence-corrected chi connectivity index (χ0v) is 13.2. The number of thioether (sulfide) groups is 1. The minimum atomic E-state index is -1.05. The van der Waals surface area contributed by atoms with Crippen LogP contribution in [0.2, 0.25) is 0 Å². The zero-order valence-electron chi connectivity index (χ0n) is 12.4. The third-order valence-corrected chi connectivity index (χ3v) is 4.40. The fourth-order valence-corrected chi connectivity index (χ4v) is 2.82. The van der Waals surface area contributed by atoms with Gasteiger partial charge in [0, 0.05) is 12.6 Å². The summed E-state index contributed by atoms with van der Waals surface area (Å²) in [4.78, 5) is 36.2. The fourth-order valence-electron chi connectivity index (χ4n) is 2.35. The number of piperidine rings is 1. The Kier molecular flexibility index (Phi) is 6.80. The molecule has 1 fully saturated rings. The van der Waals surface area contributed by atoms with Crippen molar-refractivity contribution in [3.05, 3.63) is 0 Å². The fraction of sp³-hybridized carbons (Fsp3) is 0.769. The molecule has 1 rings (SSSR count). The van der Waals surface area contributed by atoms with Crippen molar-refractivity contribution in [1.29, 1.82) is 0 Å². The lowest BCUT2D eigenvalue weighted by Crippen LogP contribution is -2.55. The molecule has 1 heterocycles. The van der Waals surface area contributed by atoms with Gasteiger partial charge in [-0.3, -0.25) is 4.79 Å². The Labute approximate surface area is 128 Å². The third-order valence-electron chi connectivity index (χ3n) is 3.75. The second-order valence-electron chi connectivity index (χ2n) is 5.30. The van der Waals surface area contributed by atoms with E-state index in [-0.39, 0.29) is 18.5 Å². The van der Waals surface area contributed by atoms with Crippen molar-refractivity contribution in [1.82, 2.24) is 10.2 Å². The number of aliphatic carboxylic acids is 1. The van der Waals surface area contributed by atoms with E-state index in [1.54, 1.807) is 0 Å². The normalized spacial score (nSPS) is 23.4. The van der Waals surface area contributed by atoms with Gasteiger partial charge in [0.15, 0.2) is 0 Å². The lowest BCUT2D eigenvalue weighted by molar-refractivity contribution is -0.139. The van der Waals surface area contributed by atoms with Crippen LogP contribution in [0, 0.1) is 5.92 Å². The SMILES string of the molecule is CSCCC(NC(=O)N1CC(C(N)=O)CCC1C)C(=O)O. The molecule has 21 heavy (non-hydrogen) atoms. The molecule has 3 atom stereocenters. The van der Waals surface area contributed by atoms with Crippen LogP contribution < -0.4 is 11.1 Å². The minimum absolute atomic E-state index is 0.0319. The van der Waals surface area contributed by atoms with Gasteiger partial charge in [0.1, 0.15) is 6.04 Å². The van der Waals surface area contributed by atoms with Crippen LogP contribution in [0.25, 0.3) is 0 Å². The predicted molar refractivity (Wildman–Crippen MR) is 81.0 cm³/mol. The lowest BCUT2D eigenvalue weighted by atomic mass is 9.93. The number of carbonyl (C=O) groups excluding carboxylic acids is 2. The second-order valence-corrected chi connectivity index (χ2v) is 6.29. The van der Waals surface area contributed by atoms with Crippen LogP contribution >= 0.6 is 11.8 Å². The first-order chi connectivity index (χ1) is 9.86. The Morgan fingerprint density at radius 3 is 2.62 bits per heavy atom. The summed E-state index contributed by atoms with van der Waals surface area (Å²) in [6.07, 6.45) is 3.59. The molecule has 0 radical (unpaired) electrons. The number of carboxylic acids is 1. The van der Waals surface area contributed by atoms with Crippen molar-refractivity contribution in [2.75, 3.05) is 18.6 Å². The van der Waals surface area contributed by atoms with E-state index in [0.717, 1.165) is 0 Å². The number of carboxylic acid groups (broad SMARTS) is 1. The largest absolute Gasteiger partial charge is 0.480 e. The topological polar surface area (TPSA) is 113 Å². The van der Waals surface area contributed by atoms with E-state index in [4.69, 9.17) is 10.8 Å². The Bertz CT molecular complexity index is 405.